The molecule has 1 aromatic carbocycles. The zero-order valence-corrected chi connectivity index (χ0v) is 18.1. The number of alkyl halides is 1. The number of halogens is 1. The quantitative estimate of drug-likeness (QED) is 0.408. The first-order chi connectivity index (χ1) is 13.5. The van der Waals surface area contributed by atoms with E-state index in [1.54, 1.807) is 0 Å². The molecule has 0 N–H and O–H groups in total. The van der Waals surface area contributed by atoms with E-state index in [0.29, 0.717) is 6.61 Å². The largest absolute Gasteiger partial charge is 0.497 e. The standard InChI is InChI=1S/C25H30ClNO/c1-6-21-20(13-19-12-10-9-11-17(19)4)15-27-24(7-2)23(16-28-8-3)22(18(5)26)14-25(21)27/h6,8-14,18,24H,3,7,15-16H2,1-2,4-5H3/b20-13-,21-6+. The van der Waals surface area contributed by atoms with Gasteiger partial charge in [-0.3, -0.25) is 0 Å². The summed E-state index contributed by atoms with van der Waals surface area (Å²) in [4.78, 5) is 2.50. The molecule has 2 atom stereocenters. The van der Waals surface area contributed by atoms with E-state index in [1.165, 1.54) is 45.4 Å². The van der Waals surface area contributed by atoms with E-state index in [2.05, 4.69) is 74.7 Å². The lowest BCUT2D eigenvalue weighted by Gasteiger charge is -2.37. The lowest BCUT2D eigenvalue weighted by molar-refractivity contribution is 0.237. The fraction of sp³-hybridized carbons (Fsp3) is 0.360. The maximum Gasteiger partial charge on any atom is 0.111 e. The highest BCUT2D eigenvalue weighted by Gasteiger charge is 2.37. The first-order valence-electron chi connectivity index (χ1n) is 10.0. The molecule has 1 aromatic rings. The van der Waals surface area contributed by atoms with E-state index in [1.807, 2.05) is 6.92 Å². The van der Waals surface area contributed by atoms with Crippen molar-refractivity contribution in [1.29, 1.82) is 0 Å². The minimum absolute atomic E-state index is 0.0605. The van der Waals surface area contributed by atoms with Crippen LogP contribution in [0.25, 0.3) is 6.08 Å². The van der Waals surface area contributed by atoms with Crippen LogP contribution in [0.1, 0.15) is 38.3 Å². The monoisotopic (exact) mass is 395 g/mol. The first-order valence-corrected chi connectivity index (χ1v) is 10.5. The highest BCUT2D eigenvalue weighted by Crippen LogP contribution is 2.42. The molecule has 2 aliphatic rings. The summed E-state index contributed by atoms with van der Waals surface area (Å²) >= 11 is 6.58. The summed E-state index contributed by atoms with van der Waals surface area (Å²) in [5.74, 6) is 0. The van der Waals surface area contributed by atoms with Gasteiger partial charge in [-0.2, -0.15) is 0 Å². The van der Waals surface area contributed by atoms with Crippen LogP contribution in [0.4, 0.5) is 0 Å². The minimum atomic E-state index is -0.0605. The molecule has 148 valence electrons. The van der Waals surface area contributed by atoms with Gasteiger partial charge < -0.3 is 9.64 Å². The van der Waals surface area contributed by atoms with E-state index >= 15 is 0 Å². The van der Waals surface area contributed by atoms with Gasteiger partial charge in [-0.05, 0) is 72.8 Å². The number of allylic oxidation sites excluding steroid dienone is 4. The van der Waals surface area contributed by atoms with Crippen LogP contribution in [0.2, 0.25) is 0 Å². The Morgan fingerprint density at radius 3 is 2.71 bits per heavy atom. The van der Waals surface area contributed by atoms with Crippen molar-refractivity contribution in [3.05, 3.63) is 88.4 Å². The second kappa shape index (κ2) is 8.87. The SMILES string of the molecule is C=COCC1=C(C(C)Cl)C=C2C(=C/C)/C(=C\c3ccccc3C)CN2C1CC. The van der Waals surface area contributed by atoms with E-state index in [-0.39, 0.29) is 11.4 Å². The second-order valence-corrected chi connectivity index (χ2v) is 8.04. The van der Waals surface area contributed by atoms with Crippen LogP contribution in [0.5, 0.6) is 0 Å². The molecule has 0 amide bonds. The zero-order valence-electron chi connectivity index (χ0n) is 17.3. The number of ether oxygens (including phenoxy) is 1. The van der Waals surface area contributed by atoms with E-state index in [9.17, 15) is 0 Å². The van der Waals surface area contributed by atoms with Gasteiger partial charge >= 0.3 is 0 Å². The van der Waals surface area contributed by atoms with E-state index < -0.39 is 0 Å². The van der Waals surface area contributed by atoms with Crippen LogP contribution < -0.4 is 0 Å². The van der Waals surface area contributed by atoms with Gasteiger partial charge in [0.2, 0.25) is 0 Å². The molecule has 2 nitrogen and oxygen atoms in total. The van der Waals surface area contributed by atoms with E-state index in [0.717, 1.165) is 13.0 Å². The third kappa shape index (κ3) is 3.84. The molecule has 28 heavy (non-hydrogen) atoms. The van der Waals surface area contributed by atoms with Crippen LogP contribution in [-0.4, -0.2) is 29.5 Å². The predicted octanol–water partition coefficient (Wildman–Crippen LogP) is 6.40. The van der Waals surface area contributed by atoms with Gasteiger partial charge in [0.05, 0.1) is 17.7 Å². The Labute approximate surface area is 174 Å². The van der Waals surface area contributed by atoms with Crippen molar-refractivity contribution < 1.29 is 4.74 Å². The number of aryl methyl sites for hydroxylation is 1. The van der Waals surface area contributed by atoms with Crippen LogP contribution >= 0.6 is 11.6 Å². The van der Waals surface area contributed by atoms with Gasteiger partial charge in [0.15, 0.2) is 0 Å². The molecular formula is C25H30ClNO. The van der Waals surface area contributed by atoms with E-state index in [4.69, 9.17) is 16.3 Å². The number of hydrogen-bond donors (Lipinski definition) is 0. The molecule has 0 radical (unpaired) electrons. The molecule has 3 heteroatoms. The summed E-state index contributed by atoms with van der Waals surface area (Å²) in [5.41, 5.74) is 8.96. The third-order valence-corrected chi connectivity index (χ3v) is 5.93. The average Bonchev–Trinajstić information content (AvgIpc) is 3.03. The molecule has 2 heterocycles. The molecule has 2 aliphatic heterocycles. The molecule has 3 rings (SSSR count). The van der Waals surface area contributed by atoms with Gasteiger partial charge in [-0.25, -0.2) is 0 Å². The summed E-state index contributed by atoms with van der Waals surface area (Å²) in [6.07, 6.45) is 9.35. The van der Waals surface area contributed by atoms with Crippen LogP contribution in [-0.2, 0) is 4.74 Å². The third-order valence-electron chi connectivity index (χ3n) is 5.69. The predicted molar refractivity (Wildman–Crippen MR) is 120 cm³/mol. The Balaban J connectivity index is 2.07. The molecule has 0 bridgehead atoms. The molecule has 2 unspecified atom stereocenters. The molecule has 0 aromatic heterocycles. The molecule has 1 fully saturated rings. The number of benzene rings is 1. The number of hydrogen-bond acceptors (Lipinski definition) is 2. The highest BCUT2D eigenvalue weighted by atomic mass is 35.5. The first kappa shape index (κ1) is 20.5. The van der Waals surface area contributed by atoms with Gasteiger partial charge in [0, 0.05) is 12.2 Å². The normalized spacial score (nSPS) is 23.1. The van der Waals surface area contributed by atoms with Crippen LogP contribution in [0.15, 0.2) is 77.2 Å². The van der Waals surface area contributed by atoms with Crippen molar-refractivity contribution in [1.82, 2.24) is 4.90 Å². The zero-order chi connectivity index (χ0) is 20.3. The Hall–Kier alpha value is -2.19. The van der Waals surface area contributed by atoms with Gasteiger partial charge in [-0.1, -0.05) is 43.8 Å². The molecule has 1 saturated heterocycles. The van der Waals surface area contributed by atoms with Gasteiger partial charge in [0.1, 0.15) is 6.61 Å². The van der Waals surface area contributed by atoms with Crippen molar-refractivity contribution in [2.75, 3.05) is 13.2 Å². The number of rotatable bonds is 6. The van der Waals surface area contributed by atoms with Gasteiger partial charge in [-0.15, -0.1) is 11.6 Å². The number of nitrogens with zero attached hydrogens (tertiary/aromatic N) is 1. The Kier molecular flexibility index (Phi) is 6.51. The minimum Gasteiger partial charge on any atom is -0.497 e. The summed E-state index contributed by atoms with van der Waals surface area (Å²) < 4.78 is 5.59. The van der Waals surface area contributed by atoms with Gasteiger partial charge in [0.25, 0.3) is 0 Å². The van der Waals surface area contributed by atoms with Crippen molar-refractivity contribution in [3.63, 3.8) is 0 Å². The summed E-state index contributed by atoms with van der Waals surface area (Å²) in [7, 11) is 0. The smallest absolute Gasteiger partial charge is 0.111 e. The molecule has 0 spiro atoms. The molecular weight excluding hydrogens is 366 g/mol. The maximum atomic E-state index is 6.58. The second-order valence-electron chi connectivity index (χ2n) is 7.38. The molecule has 0 aliphatic carbocycles. The van der Waals surface area contributed by atoms with Crippen molar-refractivity contribution in [2.24, 2.45) is 0 Å². The summed E-state index contributed by atoms with van der Waals surface area (Å²) in [5, 5.41) is -0.0605. The summed E-state index contributed by atoms with van der Waals surface area (Å²) in [6, 6.07) is 8.83. The maximum absolute atomic E-state index is 6.58. The lowest BCUT2D eigenvalue weighted by Crippen LogP contribution is -2.38. The average molecular weight is 396 g/mol. The summed E-state index contributed by atoms with van der Waals surface area (Å²) in [6.45, 7) is 13.7. The molecule has 0 saturated carbocycles. The lowest BCUT2D eigenvalue weighted by atomic mass is 9.90. The Morgan fingerprint density at radius 2 is 2.11 bits per heavy atom. The number of fused-ring (bicyclic) bond motifs is 1. The van der Waals surface area contributed by atoms with Crippen LogP contribution in [0.3, 0.4) is 0 Å². The van der Waals surface area contributed by atoms with Crippen molar-refractivity contribution >= 4 is 17.7 Å². The van der Waals surface area contributed by atoms with Crippen molar-refractivity contribution in [2.45, 2.75) is 45.5 Å². The highest BCUT2D eigenvalue weighted by molar-refractivity contribution is 6.22. The Morgan fingerprint density at radius 1 is 1.36 bits per heavy atom. The Bertz CT molecular complexity index is 872. The van der Waals surface area contributed by atoms with Crippen molar-refractivity contribution in [3.8, 4) is 0 Å². The fourth-order valence-corrected chi connectivity index (χ4v) is 4.49. The topological polar surface area (TPSA) is 12.5 Å². The fourth-order valence-electron chi connectivity index (χ4n) is 4.29. The van der Waals surface area contributed by atoms with Crippen LogP contribution in [0, 0.1) is 6.92 Å².